The minimum absolute atomic E-state index is 0. The maximum absolute atomic E-state index is 11.7. The Kier molecular flexibility index (Phi) is 9.18. The van der Waals surface area contributed by atoms with Crippen molar-refractivity contribution in [3.8, 4) is 0 Å². The van der Waals surface area contributed by atoms with E-state index in [1.54, 1.807) is 0 Å². The Morgan fingerprint density at radius 3 is 2.80 bits per heavy atom. The molecule has 0 aromatic carbocycles. The molecule has 6 heteroatoms. The zero-order valence-electron chi connectivity index (χ0n) is 12.1. The van der Waals surface area contributed by atoms with Gasteiger partial charge in [-0.15, -0.1) is 12.4 Å². The van der Waals surface area contributed by atoms with E-state index in [0.29, 0.717) is 5.92 Å². The summed E-state index contributed by atoms with van der Waals surface area (Å²) in [7, 11) is 0. The third-order valence-electron chi connectivity index (χ3n) is 3.89. The molecule has 0 saturated carbocycles. The summed E-state index contributed by atoms with van der Waals surface area (Å²) in [6.07, 6.45) is 4.10. The minimum atomic E-state index is 0. The van der Waals surface area contributed by atoms with Crippen LogP contribution in [-0.2, 0) is 14.3 Å². The highest BCUT2D eigenvalue weighted by atomic mass is 35.5. The van der Waals surface area contributed by atoms with Crippen LogP contribution < -0.4 is 10.6 Å². The average Bonchev–Trinajstić information content (AvgIpc) is 2.98. The molecule has 2 N–H and O–H groups in total. The molecule has 5 nitrogen and oxygen atoms in total. The first-order valence-corrected chi connectivity index (χ1v) is 7.50. The second kappa shape index (κ2) is 10.4. The largest absolute Gasteiger partial charge is 0.381 e. The molecule has 2 saturated heterocycles. The van der Waals surface area contributed by atoms with Gasteiger partial charge in [-0.2, -0.15) is 0 Å². The third kappa shape index (κ3) is 6.39. The molecule has 0 radical (unpaired) electrons. The van der Waals surface area contributed by atoms with E-state index in [1.165, 1.54) is 0 Å². The lowest BCUT2D eigenvalue weighted by molar-refractivity contribution is -0.124. The highest BCUT2D eigenvalue weighted by Gasteiger charge is 2.21. The molecule has 2 rings (SSSR count). The number of hydrogen-bond acceptors (Lipinski definition) is 4. The quantitative estimate of drug-likeness (QED) is 0.688. The van der Waals surface area contributed by atoms with Crippen LogP contribution in [0.15, 0.2) is 0 Å². The Bertz CT molecular complexity index is 267. The van der Waals surface area contributed by atoms with Crippen molar-refractivity contribution in [2.75, 3.05) is 46.1 Å². The zero-order chi connectivity index (χ0) is 13.3. The second-order valence-electron chi connectivity index (χ2n) is 5.46. The van der Waals surface area contributed by atoms with Crippen LogP contribution in [0.4, 0.5) is 0 Å². The van der Waals surface area contributed by atoms with Crippen LogP contribution in [-0.4, -0.2) is 52.0 Å². The SMILES string of the molecule is Cl.O=C(NCCCOCC1CCOCC1)C1CCNC1. The van der Waals surface area contributed by atoms with Gasteiger partial charge in [-0.25, -0.2) is 0 Å². The van der Waals surface area contributed by atoms with E-state index in [4.69, 9.17) is 9.47 Å². The molecule has 2 aliphatic rings. The van der Waals surface area contributed by atoms with Gasteiger partial charge in [0.2, 0.25) is 5.91 Å². The van der Waals surface area contributed by atoms with Gasteiger partial charge >= 0.3 is 0 Å². The lowest BCUT2D eigenvalue weighted by Gasteiger charge is -2.21. The minimum Gasteiger partial charge on any atom is -0.381 e. The number of carbonyl (C=O) groups is 1. The topological polar surface area (TPSA) is 59.6 Å². The Balaban J connectivity index is 0.00000200. The predicted octanol–water partition coefficient (Wildman–Crippen LogP) is 0.967. The molecule has 0 spiro atoms. The first kappa shape index (κ1) is 17.7. The monoisotopic (exact) mass is 306 g/mol. The fourth-order valence-corrected chi connectivity index (χ4v) is 2.57. The van der Waals surface area contributed by atoms with Crippen LogP contribution in [0.25, 0.3) is 0 Å². The maximum Gasteiger partial charge on any atom is 0.224 e. The van der Waals surface area contributed by atoms with Gasteiger partial charge in [0.1, 0.15) is 0 Å². The van der Waals surface area contributed by atoms with Crippen molar-refractivity contribution in [1.29, 1.82) is 0 Å². The number of hydrogen-bond donors (Lipinski definition) is 2. The van der Waals surface area contributed by atoms with E-state index < -0.39 is 0 Å². The lowest BCUT2D eigenvalue weighted by Crippen LogP contribution is -2.33. The van der Waals surface area contributed by atoms with Gasteiger partial charge in [-0.1, -0.05) is 0 Å². The molecule has 1 unspecified atom stereocenters. The molecule has 1 atom stereocenters. The summed E-state index contributed by atoms with van der Waals surface area (Å²) in [4.78, 5) is 11.7. The van der Waals surface area contributed by atoms with Gasteiger partial charge < -0.3 is 20.1 Å². The summed E-state index contributed by atoms with van der Waals surface area (Å²) in [5, 5.41) is 6.19. The van der Waals surface area contributed by atoms with Crippen LogP contribution in [0, 0.1) is 11.8 Å². The molecule has 1 amide bonds. The van der Waals surface area contributed by atoms with Crippen LogP contribution in [0.3, 0.4) is 0 Å². The van der Waals surface area contributed by atoms with Gasteiger partial charge in [0, 0.05) is 39.5 Å². The van der Waals surface area contributed by atoms with Crippen molar-refractivity contribution in [1.82, 2.24) is 10.6 Å². The Morgan fingerprint density at radius 1 is 1.30 bits per heavy atom. The maximum atomic E-state index is 11.7. The second-order valence-corrected chi connectivity index (χ2v) is 5.46. The summed E-state index contributed by atoms with van der Waals surface area (Å²) in [5.74, 6) is 1.02. The van der Waals surface area contributed by atoms with Gasteiger partial charge in [0.05, 0.1) is 5.92 Å². The fraction of sp³-hybridized carbons (Fsp3) is 0.929. The average molecular weight is 307 g/mol. The van der Waals surface area contributed by atoms with Crippen LogP contribution in [0.2, 0.25) is 0 Å². The van der Waals surface area contributed by atoms with Gasteiger partial charge in [0.25, 0.3) is 0 Å². The predicted molar refractivity (Wildman–Crippen MR) is 80.2 cm³/mol. The fourth-order valence-electron chi connectivity index (χ4n) is 2.57. The van der Waals surface area contributed by atoms with Crippen molar-refractivity contribution in [2.24, 2.45) is 11.8 Å². The van der Waals surface area contributed by atoms with E-state index in [1.807, 2.05) is 0 Å². The van der Waals surface area contributed by atoms with E-state index in [-0.39, 0.29) is 24.2 Å². The standard InChI is InChI=1S/C14H26N2O3.ClH/c17-14(13-2-6-15-10-13)16-5-1-7-19-11-12-3-8-18-9-4-12;/h12-13,15H,1-11H2,(H,16,17);1H. The van der Waals surface area contributed by atoms with Crippen molar-refractivity contribution in [2.45, 2.75) is 25.7 Å². The molecule has 2 heterocycles. The lowest BCUT2D eigenvalue weighted by atomic mass is 10.0. The Hall–Kier alpha value is -0.360. The van der Waals surface area contributed by atoms with Crippen molar-refractivity contribution < 1.29 is 14.3 Å². The molecular formula is C14H27ClN2O3. The normalized spacial score (nSPS) is 23.3. The van der Waals surface area contributed by atoms with Crippen molar-refractivity contribution >= 4 is 18.3 Å². The molecule has 2 fully saturated rings. The molecule has 0 aliphatic carbocycles. The van der Waals surface area contributed by atoms with E-state index in [9.17, 15) is 4.79 Å². The Morgan fingerprint density at radius 2 is 2.10 bits per heavy atom. The number of nitrogens with one attached hydrogen (secondary N) is 2. The summed E-state index contributed by atoms with van der Waals surface area (Å²) in [5.41, 5.74) is 0. The van der Waals surface area contributed by atoms with Gasteiger partial charge in [0.15, 0.2) is 0 Å². The molecule has 118 valence electrons. The molecule has 2 aliphatic heterocycles. The highest BCUT2D eigenvalue weighted by Crippen LogP contribution is 2.14. The van der Waals surface area contributed by atoms with Crippen LogP contribution >= 0.6 is 12.4 Å². The van der Waals surface area contributed by atoms with E-state index in [0.717, 1.165) is 71.7 Å². The van der Waals surface area contributed by atoms with E-state index >= 15 is 0 Å². The first-order valence-electron chi connectivity index (χ1n) is 7.50. The number of ether oxygens (including phenoxy) is 2. The molecule has 20 heavy (non-hydrogen) atoms. The third-order valence-corrected chi connectivity index (χ3v) is 3.89. The number of carbonyl (C=O) groups excluding carboxylic acids is 1. The van der Waals surface area contributed by atoms with Crippen molar-refractivity contribution in [3.05, 3.63) is 0 Å². The number of rotatable bonds is 7. The number of amides is 1. The summed E-state index contributed by atoms with van der Waals surface area (Å²) < 4.78 is 11.0. The van der Waals surface area contributed by atoms with Crippen LogP contribution in [0.5, 0.6) is 0 Å². The first-order chi connectivity index (χ1) is 9.36. The molecular weight excluding hydrogens is 280 g/mol. The smallest absolute Gasteiger partial charge is 0.224 e. The van der Waals surface area contributed by atoms with E-state index in [2.05, 4.69) is 10.6 Å². The van der Waals surface area contributed by atoms with Crippen molar-refractivity contribution in [3.63, 3.8) is 0 Å². The molecule has 0 aromatic heterocycles. The molecule has 0 bridgehead atoms. The molecule has 0 aromatic rings. The van der Waals surface area contributed by atoms with Gasteiger partial charge in [-0.3, -0.25) is 4.79 Å². The Labute approximate surface area is 127 Å². The summed E-state index contributed by atoms with van der Waals surface area (Å²) in [6.45, 7) is 5.84. The zero-order valence-corrected chi connectivity index (χ0v) is 12.9. The van der Waals surface area contributed by atoms with Gasteiger partial charge in [-0.05, 0) is 38.1 Å². The highest BCUT2D eigenvalue weighted by molar-refractivity contribution is 5.85. The summed E-state index contributed by atoms with van der Waals surface area (Å²) in [6, 6.07) is 0. The number of halogens is 1. The van der Waals surface area contributed by atoms with Crippen LogP contribution in [0.1, 0.15) is 25.7 Å². The summed E-state index contributed by atoms with van der Waals surface area (Å²) >= 11 is 0.